The second kappa shape index (κ2) is 11.2. The minimum atomic E-state index is 0.577. The molecule has 2 heteroatoms. The van der Waals surface area contributed by atoms with Gasteiger partial charge in [0, 0.05) is 0 Å². The molecule has 0 N–H and O–H groups in total. The van der Waals surface area contributed by atoms with Crippen LogP contribution in [-0.4, -0.2) is 13.2 Å². The van der Waals surface area contributed by atoms with Crippen LogP contribution in [0.1, 0.15) is 37.8 Å². The quantitative estimate of drug-likeness (QED) is 0.120. The fourth-order valence-electron chi connectivity index (χ4n) is 7.41. The highest BCUT2D eigenvalue weighted by Crippen LogP contribution is 2.37. The second-order valence-corrected chi connectivity index (χ2v) is 12.1. The van der Waals surface area contributed by atoms with Gasteiger partial charge in [-0.3, -0.25) is 0 Å². The summed E-state index contributed by atoms with van der Waals surface area (Å²) in [6, 6.07) is 40.0. The number of hydrogen-bond donors (Lipinski definition) is 0. The van der Waals surface area contributed by atoms with Crippen LogP contribution in [0.15, 0.2) is 120 Å². The van der Waals surface area contributed by atoms with Crippen molar-refractivity contribution in [2.75, 3.05) is 13.2 Å². The number of rotatable bonds is 10. The number of allylic oxidation sites excluding steroid dienone is 1. The van der Waals surface area contributed by atoms with Crippen molar-refractivity contribution in [1.29, 1.82) is 0 Å². The van der Waals surface area contributed by atoms with Crippen molar-refractivity contribution in [1.82, 2.24) is 0 Å². The fraction of sp³-hybridized carbons (Fsp3) is 0.190. The van der Waals surface area contributed by atoms with Crippen LogP contribution >= 0.6 is 0 Å². The molecule has 0 unspecified atom stereocenters. The van der Waals surface area contributed by atoms with E-state index in [1.807, 2.05) is 0 Å². The molecule has 0 radical (unpaired) electrons. The van der Waals surface area contributed by atoms with E-state index in [0.29, 0.717) is 26.4 Å². The Balaban J connectivity index is 1.02. The molecule has 8 aromatic rings. The van der Waals surface area contributed by atoms with Crippen LogP contribution in [0.3, 0.4) is 0 Å². The summed E-state index contributed by atoms with van der Waals surface area (Å²) in [4.78, 5) is 0. The van der Waals surface area contributed by atoms with Crippen molar-refractivity contribution in [2.24, 2.45) is 0 Å². The highest BCUT2D eigenvalue weighted by Gasteiger charge is 2.14. The van der Waals surface area contributed by atoms with E-state index in [9.17, 15) is 0 Å². The molecular weight excluding hydrogens is 536 g/mol. The maximum atomic E-state index is 6.47. The first-order chi connectivity index (χ1) is 21.7. The van der Waals surface area contributed by atoms with Crippen LogP contribution in [-0.2, 0) is 22.7 Å². The Morgan fingerprint density at radius 3 is 1.18 bits per heavy atom. The van der Waals surface area contributed by atoms with Crippen molar-refractivity contribution < 1.29 is 9.47 Å². The van der Waals surface area contributed by atoms with Crippen LogP contribution in [0.25, 0.3) is 64.6 Å². The van der Waals surface area contributed by atoms with Crippen molar-refractivity contribution >= 4 is 64.6 Å². The van der Waals surface area contributed by atoms with E-state index < -0.39 is 0 Å². The Kier molecular flexibility index (Phi) is 6.90. The molecule has 0 heterocycles. The summed E-state index contributed by atoms with van der Waals surface area (Å²) >= 11 is 0. The lowest BCUT2D eigenvalue weighted by atomic mass is 9.92. The molecule has 0 fully saturated rings. The zero-order chi connectivity index (χ0) is 29.6. The third-order valence-corrected chi connectivity index (χ3v) is 9.66. The van der Waals surface area contributed by atoms with Gasteiger partial charge in [-0.25, -0.2) is 0 Å². The predicted octanol–water partition coefficient (Wildman–Crippen LogP) is 11.3. The number of hydrogen-bond acceptors (Lipinski definition) is 2. The molecule has 44 heavy (non-hydrogen) atoms. The molecule has 0 spiro atoms. The highest BCUT2D eigenvalue weighted by atomic mass is 16.5. The molecule has 0 aliphatic heterocycles. The Labute approximate surface area is 258 Å². The summed E-state index contributed by atoms with van der Waals surface area (Å²) in [5.41, 5.74) is 5.17. The standard InChI is InChI=1S/C42H36O2/c1-3-27(4-2)36(25-43-23-34-17-15-32-13-11-28-7-5-9-30-19-21-37(34)41(32)39(28)30)26-44-24-35-18-16-33-14-12-29-8-6-10-31-20-22-38(35)42(33)40(29)31/h5-22H,3-4,23-26H2,1-2H3. The van der Waals surface area contributed by atoms with E-state index in [1.54, 1.807) is 0 Å². The molecule has 0 amide bonds. The van der Waals surface area contributed by atoms with Gasteiger partial charge < -0.3 is 9.47 Å². The molecule has 216 valence electrons. The van der Waals surface area contributed by atoms with E-state index >= 15 is 0 Å². The van der Waals surface area contributed by atoms with Crippen LogP contribution in [0, 0.1) is 0 Å². The molecular formula is C42H36O2. The Morgan fingerprint density at radius 2 is 0.773 bits per heavy atom. The van der Waals surface area contributed by atoms with Gasteiger partial charge in [0.2, 0.25) is 0 Å². The van der Waals surface area contributed by atoms with Gasteiger partial charge in [0.1, 0.15) is 0 Å². The van der Waals surface area contributed by atoms with Gasteiger partial charge in [-0.2, -0.15) is 0 Å². The Bertz CT molecular complexity index is 2110. The molecule has 0 aromatic heterocycles. The van der Waals surface area contributed by atoms with Gasteiger partial charge in [0.05, 0.1) is 26.4 Å². The zero-order valence-corrected chi connectivity index (χ0v) is 25.5. The average molecular weight is 573 g/mol. The minimum absolute atomic E-state index is 0.577. The SMILES string of the molecule is CCC(CC)=C(COCc1ccc2ccc3cccc4ccc1c2c34)COCc1ccc2ccc3cccc4ccc1c2c34. The maximum absolute atomic E-state index is 6.47. The molecule has 8 aromatic carbocycles. The van der Waals surface area contributed by atoms with Gasteiger partial charge in [0.15, 0.2) is 0 Å². The second-order valence-electron chi connectivity index (χ2n) is 12.1. The molecule has 8 rings (SSSR count). The molecule has 0 bridgehead atoms. The third kappa shape index (κ3) is 4.49. The largest absolute Gasteiger partial charge is 0.372 e. The van der Waals surface area contributed by atoms with Crippen molar-refractivity contribution in [3.05, 3.63) is 131 Å². The third-order valence-electron chi connectivity index (χ3n) is 9.66. The van der Waals surface area contributed by atoms with E-state index in [0.717, 1.165) is 12.8 Å². The topological polar surface area (TPSA) is 18.5 Å². The van der Waals surface area contributed by atoms with Crippen LogP contribution in [0.2, 0.25) is 0 Å². The average Bonchev–Trinajstić information content (AvgIpc) is 3.07. The molecule has 2 nitrogen and oxygen atoms in total. The molecule has 0 aliphatic rings. The lowest BCUT2D eigenvalue weighted by molar-refractivity contribution is 0.104. The van der Waals surface area contributed by atoms with Crippen molar-refractivity contribution in [3.63, 3.8) is 0 Å². The van der Waals surface area contributed by atoms with E-state index in [-0.39, 0.29) is 0 Å². The lowest BCUT2D eigenvalue weighted by Crippen LogP contribution is -2.09. The van der Waals surface area contributed by atoms with Gasteiger partial charge in [0.25, 0.3) is 0 Å². The smallest absolute Gasteiger partial charge is 0.0727 e. The summed E-state index contributed by atoms with van der Waals surface area (Å²) in [5.74, 6) is 0. The Hall–Kier alpha value is -4.50. The van der Waals surface area contributed by atoms with Crippen LogP contribution in [0.5, 0.6) is 0 Å². The summed E-state index contributed by atoms with van der Waals surface area (Å²) in [5, 5.41) is 15.7. The lowest BCUT2D eigenvalue weighted by Gasteiger charge is -2.17. The maximum Gasteiger partial charge on any atom is 0.0727 e. The minimum Gasteiger partial charge on any atom is -0.372 e. The molecule has 0 saturated carbocycles. The van der Waals surface area contributed by atoms with Gasteiger partial charge in [-0.05, 0) is 94.2 Å². The first-order valence-corrected chi connectivity index (χ1v) is 15.9. The van der Waals surface area contributed by atoms with Crippen molar-refractivity contribution in [3.8, 4) is 0 Å². The summed E-state index contributed by atoms with van der Waals surface area (Å²) < 4.78 is 12.9. The van der Waals surface area contributed by atoms with Crippen LogP contribution in [0.4, 0.5) is 0 Å². The van der Waals surface area contributed by atoms with E-state index in [1.165, 1.54) is 86.9 Å². The van der Waals surface area contributed by atoms with Gasteiger partial charge in [-0.1, -0.05) is 129 Å². The first kappa shape index (κ1) is 27.1. The summed E-state index contributed by atoms with van der Waals surface area (Å²) in [6.45, 7) is 6.79. The fourth-order valence-corrected chi connectivity index (χ4v) is 7.41. The molecule has 0 atom stereocenters. The van der Waals surface area contributed by atoms with E-state index in [4.69, 9.17) is 9.47 Å². The van der Waals surface area contributed by atoms with Gasteiger partial charge >= 0.3 is 0 Å². The summed E-state index contributed by atoms with van der Waals surface area (Å²) in [6.07, 6.45) is 2.02. The predicted molar refractivity (Wildman–Crippen MR) is 187 cm³/mol. The molecule has 0 saturated heterocycles. The monoisotopic (exact) mass is 572 g/mol. The normalized spacial score (nSPS) is 12.1. The van der Waals surface area contributed by atoms with Crippen molar-refractivity contribution in [2.45, 2.75) is 39.9 Å². The highest BCUT2D eigenvalue weighted by molar-refractivity contribution is 6.24. The van der Waals surface area contributed by atoms with Gasteiger partial charge in [-0.15, -0.1) is 0 Å². The summed E-state index contributed by atoms with van der Waals surface area (Å²) in [7, 11) is 0. The zero-order valence-electron chi connectivity index (χ0n) is 25.5. The number of ether oxygens (including phenoxy) is 2. The molecule has 0 aliphatic carbocycles. The first-order valence-electron chi connectivity index (χ1n) is 15.9. The van der Waals surface area contributed by atoms with E-state index in [2.05, 4.69) is 123 Å². The number of benzene rings is 8. The van der Waals surface area contributed by atoms with Crippen LogP contribution < -0.4 is 0 Å². The Morgan fingerprint density at radius 1 is 0.409 bits per heavy atom.